The van der Waals surface area contributed by atoms with Crippen LogP contribution in [0.1, 0.15) is 25.3 Å². The lowest BCUT2D eigenvalue weighted by molar-refractivity contribution is -0.0914. The third-order valence-corrected chi connectivity index (χ3v) is 2.68. The fraction of sp³-hybridized carbons (Fsp3) is 0.636. The molecule has 0 atom stereocenters. The van der Waals surface area contributed by atoms with Crippen LogP contribution in [0.15, 0.2) is 6.33 Å². The summed E-state index contributed by atoms with van der Waals surface area (Å²) < 4.78 is 10.2. The Hall–Kier alpha value is -0.910. The molecule has 1 aromatic heterocycles. The molecule has 0 fully saturated rings. The van der Waals surface area contributed by atoms with Gasteiger partial charge in [-0.1, -0.05) is 25.4 Å². The van der Waals surface area contributed by atoms with Crippen molar-refractivity contribution in [2.45, 2.75) is 26.1 Å². The van der Waals surface area contributed by atoms with Gasteiger partial charge in [0.15, 0.2) is 6.29 Å². The van der Waals surface area contributed by atoms with Gasteiger partial charge in [-0.2, -0.15) is 0 Å². The molecule has 0 saturated carbocycles. The van der Waals surface area contributed by atoms with Crippen molar-refractivity contribution in [2.75, 3.05) is 26.1 Å². The molecular weight excluding hydrogens is 242 g/mol. The number of aromatic nitrogens is 2. The first-order valence-electron chi connectivity index (χ1n) is 5.40. The van der Waals surface area contributed by atoms with Crippen molar-refractivity contribution in [1.82, 2.24) is 9.97 Å². The largest absolute Gasteiger partial charge is 0.365 e. The van der Waals surface area contributed by atoms with E-state index in [0.29, 0.717) is 11.7 Å². The summed E-state index contributed by atoms with van der Waals surface area (Å²) >= 11 is 6.05. The lowest BCUT2D eigenvalue weighted by atomic mass is 10.1. The molecule has 0 bridgehead atoms. The zero-order chi connectivity index (χ0) is 12.8. The highest BCUT2D eigenvalue weighted by molar-refractivity contribution is 6.30. The molecule has 0 aliphatic heterocycles. The molecule has 17 heavy (non-hydrogen) atoms. The Kier molecular flexibility index (Phi) is 5.61. The number of hydrogen-bond acceptors (Lipinski definition) is 5. The van der Waals surface area contributed by atoms with Crippen molar-refractivity contribution in [3.8, 4) is 0 Å². The first-order valence-corrected chi connectivity index (χ1v) is 5.77. The van der Waals surface area contributed by atoms with Gasteiger partial charge in [0.1, 0.15) is 17.3 Å². The summed E-state index contributed by atoms with van der Waals surface area (Å²) in [5.41, 5.74) is 0.903. The van der Waals surface area contributed by atoms with Crippen LogP contribution >= 0.6 is 11.6 Å². The minimum absolute atomic E-state index is 0.245. The summed E-state index contributed by atoms with van der Waals surface area (Å²) in [5.74, 6) is 0.967. The molecule has 1 heterocycles. The van der Waals surface area contributed by atoms with Gasteiger partial charge in [0.05, 0.1) is 6.54 Å². The standard InChI is InChI=1S/C11H18ClN3O2/c1-7(2)9-10(12)14-6-15-11(9)13-5-8(16-3)17-4/h6-8H,5H2,1-4H3,(H,13,14,15). The second-order valence-corrected chi connectivity index (χ2v) is 4.22. The van der Waals surface area contributed by atoms with Crippen LogP contribution in [0, 0.1) is 0 Å². The lowest BCUT2D eigenvalue weighted by Crippen LogP contribution is -2.24. The Morgan fingerprint density at radius 3 is 2.47 bits per heavy atom. The van der Waals surface area contributed by atoms with Crippen LogP contribution in [0.2, 0.25) is 5.15 Å². The normalized spacial score (nSPS) is 11.2. The summed E-state index contributed by atoms with van der Waals surface area (Å²) in [6.45, 7) is 4.58. The molecule has 0 aromatic carbocycles. The van der Waals surface area contributed by atoms with Gasteiger partial charge in [-0.05, 0) is 5.92 Å². The van der Waals surface area contributed by atoms with Gasteiger partial charge in [0.25, 0.3) is 0 Å². The smallest absolute Gasteiger partial charge is 0.173 e. The molecule has 0 aliphatic rings. The number of nitrogens with one attached hydrogen (secondary N) is 1. The minimum Gasteiger partial charge on any atom is -0.365 e. The van der Waals surface area contributed by atoms with Crippen LogP contribution in [0.4, 0.5) is 5.82 Å². The quantitative estimate of drug-likeness (QED) is 0.627. The molecule has 0 spiro atoms. The van der Waals surface area contributed by atoms with E-state index in [0.717, 1.165) is 11.4 Å². The van der Waals surface area contributed by atoms with Crippen LogP contribution in [-0.4, -0.2) is 37.0 Å². The van der Waals surface area contributed by atoms with Crippen LogP contribution in [0.25, 0.3) is 0 Å². The number of methoxy groups -OCH3 is 2. The van der Waals surface area contributed by atoms with Crippen molar-refractivity contribution >= 4 is 17.4 Å². The van der Waals surface area contributed by atoms with E-state index in [9.17, 15) is 0 Å². The van der Waals surface area contributed by atoms with Crippen LogP contribution in [-0.2, 0) is 9.47 Å². The zero-order valence-corrected chi connectivity index (χ0v) is 11.3. The third-order valence-electron chi connectivity index (χ3n) is 2.37. The van der Waals surface area contributed by atoms with Gasteiger partial charge < -0.3 is 14.8 Å². The predicted octanol–water partition coefficient (Wildman–Crippen LogP) is 2.28. The van der Waals surface area contributed by atoms with Gasteiger partial charge in [0, 0.05) is 19.8 Å². The average molecular weight is 260 g/mol. The minimum atomic E-state index is -0.316. The Labute approximate surface area is 107 Å². The highest BCUT2D eigenvalue weighted by Gasteiger charge is 2.14. The SMILES string of the molecule is COC(CNc1ncnc(Cl)c1C(C)C)OC. The lowest BCUT2D eigenvalue weighted by Gasteiger charge is -2.17. The van der Waals surface area contributed by atoms with Crippen molar-refractivity contribution in [3.05, 3.63) is 17.0 Å². The second kappa shape index (κ2) is 6.74. The van der Waals surface area contributed by atoms with Crippen LogP contribution in [0.3, 0.4) is 0 Å². The van der Waals surface area contributed by atoms with E-state index in [-0.39, 0.29) is 12.2 Å². The molecule has 0 radical (unpaired) electrons. The van der Waals surface area contributed by atoms with Gasteiger partial charge >= 0.3 is 0 Å². The predicted molar refractivity (Wildman–Crippen MR) is 67.4 cm³/mol. The maximum atomic E-state index is 6.05. The van der Waals surface area contributed by atoms with Crippen molar-refractivity contribution < 1.29 is 9.47 Å². The Morgan fingerprint density at radius 1 is 1.29 bits per heavy atom. The maximum absolute atomic E-state index is 6.05. The van der Waals surface area contributed by atoms with E-state index >= 15 is 0 Å². The van der Waals surface area contributed by atoms with E-state index in [2.05, 4.69) is 15.3 Å². The number of nitrogens with zero attached hydrogens (tertiary/aromatic N) is 2. The molecule has 1 aromatic rings. The fourth-order valence-corrected chi connectivity index (χ4v) is 1.82. The number of hydrogen-bond donors (Lipinski definition) is 1. The van der Waals surface area contributed by atoms with E-state index in [1.54, 1.807) is 14.2 Å². The molecule has 1 N–H and O–H groups in total. The van der Waals surface area contributed by atoms with Crippen molar-refractivity contribution in [3.63, 3.8) is 0 Å². The maximum Gasteiger partial charge on any atom is 0.173 e. The molecular formula is C11H18ClN3O2. The highest BCUT2D eigenvalue weighted by Crippen LogP contribution is 2.27. The summed E-state index contributed by atoms with van der Waals surface area (Å²) in [6.07, 6.45) is 1.12. The molecule has 0 aliphatic carbocycles. The summed E-state index contributed by atoms with van der Waals surface area (Å²) in [6, 6.07) is 0. The second-order valence-electron chi connectivity index (χ2n) is 3.86. The average Bonchev–Trinajstić information content (AvgIpc) is 2.29. The topological polar surface area (TPSA) is 56.3 Å². The molecule has 0 unspecified atom stereocenters. The third kappa shape index (κ3) is 3.80. The molecule has 0 saturated heterocycles. The van der Waals surface area contributed by atoms with E-state index in [1.165, 1.54) is 6.33 Å². The number of anilines is 1. The first-order chi connectivity index (χ1) is 8.10. The fourth-order valence-electron chi connectivity index (χ4n) is 1.47. The molecule has 96 valence electrons. The highest BCUT2D eigenvalue weighted by atomic mass is 35.5. The van der Waals surface area contributed by atoms with Gasteiger partial charge in [-0.3, -0.25) is 0 Å². The Morgan fingerprint density at radius 2 is 1.94 bits per heavy atom. The molecule has 5 nitrogen and oxygen atoms in total. The summed E-state index contributed by atoms with van der Waals surface area (Å²) in [4.78, 5) is 8.16. The first kappa shape index (κ1) is 14.2. The summed E-state index contributed by atoms with van der Waals surface area (Å²) in [7, 11) is 3.18. The monoisotopic (exact) mass is 259 g/mol. The molecule has 6 heteroatoms. The van der Waals surface area contributed by atoms with E-state index in [1.807, 2.05) is 13.8 Å². The van der Waals surface area contributed by atoms with Gasteiger partial charge in [-0.25, -0.2) is 9.97 Å². The van der Waals surface area contributed by atoms with Gasteiger partial charge in [-0.15, -0.1) is 0 Å². The molecule has 1 rings (SSSR count). The number of rotatable bonds is 6. The Balaban J connectivity index is 2.80. The van der Waals surface area contributed by atoms with Gasteiger partial charge in [0.2, 0.25) is 0 Å². The zero-order valence-electron chi connectivity index (χ0n) is 10.5. The number of halogens is 1. The Bertz CT molecular complexity index is 357. The van der Waals surface area contributed by atoms with E-state index < -0.39 is 0 Å². The summed E-state index contributed by atoms with van der Waals surface area (Å²) in [5, 5.41) is 3.63. The van der Waals surface area contributed by atoms with E-state index in [4.69, 9.17) is 21.1 Å². The van der Waals surface area contributed by atoms with Crippen LogP contribution in [0.5, 0.6) is 0 Å². The van der Waals surface area contributed by atoms with Crippen molar-refractivity contribution in [1.29, 1.82) is 0 Å². The number of ether oxygens (including phenoxy) is 2. The molecule has 0 amide bonds. The van der Waals surface area contributed by atoms with Crippen LogP contribution < -0.4 is 5.32 Å². The van der Waals surface area contributed by atoms with Crippen molar-refractivity contribution in [2.24, 2.45) is 0 Å².